The molecule has 0 spiro atoms. The molecule has 1 fully saturated rings. The van der Waals surface area contributed by atoms with E-state index < -0.39 is 0 Å². The van der Waals surface area contributed by atoms with Gasteiger partial charge in [0.25, 0.3) is 0 Å². The maximum absolute atomic E-state index is 2.65. The normalized spacial score (nSPS) is 13.8. The highest BCUT2D eigenvalue weighted by Gasteiger charge is 2.22. The number of hydrogen-bond donors (Lipinski definition) is 0. The quantitative estimate of drug-likeness (QED) is 0.180. The highest BCUT2D eigenvalue weighted by Crippen LogP contribution is 2.44. The van der Waals surface area contributed by atoms with Crippen LogP contribution in [-0.4, -0.2) is 4.57 Å². The van der Waals surface area contributed by atoms with E-state index in [-0.39, 0.29) is 0 Å². The maximum Gasteiger partial charge on any atom is 0.0540 e. The fourth-order valence-corrected chi connectivity index (χ4v) is 8.07. The molecule has 232 valence electrons. The second-order valence-corrected chi connectivity index (χ2v) is 13.2. The molecule has 0 aliphatic heterocycles. The molecule has 8 aromatic rings. The molecule has 0 unspecified atom stereocenters. The standard InChI is InChI=1S/C46H38N2/c1-4-14-33(15-5-1)34-24-27-38(28-25-34)47(36-16-6-2-7-17-36)45-31-29-39(40-20-10-11-21-41(40)45)35-26-30-46-43(32-35)42-22-12-13-23-44(42)48(46)37-18-8-3-9-19-37/h1-2,4-7,10-17,20-32,37H,3,8-9,18-19H2. The molecule has 0 bridgehead atoms. The van der Waals surface area contributed by atoms with Crippen molar-refractivity contribution in [1.82, 2.24) is 4.57 Å². The molecule has 0 amide bonds. The molecule has 7 aromatic carbocycles. The molecule has 1 saturated carbocycles. The van der Waals surface area contributed by atoms with Gasteiger partial charge in [0.05, 0.1) is 5.69 Å². The average Bonchev–Trinajstić information content (AvgIpc) is 3.50. The maximum atomic E-state index is 2.65. The SMILES string of the molecule is c1ccc(-c2ccc(N(c3ccccc3)c3ccc(-c4ccc5c(c4)c4ccccc4n5C4CCCCC4)c4ccccc34)cc2)cc1. The van der Waals surface area contributed by atoms with Crippen LogP contribution in [0.1, 0.15) is 38.1 Å². The summed E-state index contributed by atoms with van der Waals surface area (Å²) in [6, 6.07) is 60.6. The predicted octanol–water partition coefficient (Wildman–Crippen LogP) is 13.3. The van der Waals surface area contributed by atoms with Gasteiger partial charge in [-0.2, -0.15) is 0 Å². The van der Waals surface area contributed by atoms with Crippen molar-refractivity contribution >= 4 is 49.6 Å². The lowest BCUT2D eigenvalue weighted by molar-refractivity contribution is 0.367. The molecule has 0 radical (unpaired) electrons. The van der Waals surface area contributed by atoms with Crippen LogP contribution >= 0.6 is 0 Å². The summed E-state index contributed by atoms with van der Waals surface area (Å²) < 4.78 is 2.65. The third kappa shape index (κ3) is 4.96. The first-order chi connectivity index (χ1) is 23.8. The van der Waals surface area contributed by atoms with Gasteiger partial charge in [-0.05, 0) is 89.0 Å². The Balaban J connectivity index is 1.19. The minimum Gasteiger partial charge on any atom is -0.337 e. The van der Waals surface area contributed by atoms with Crippen LogP contribution in [0, 0.1) is 0 Å². The fourth-order valence-electron chi connectivity index (χ4n) is 8.07. The van der Waals surface area contributed by atoms with Crippen molar-refractivity contribution in [3.8, 4) is 22.3 Å². The van der Waals surface area contributed by atoms with Gasteiger partial charge >= 0.3 is 0 Å². The van der Waals surface area contributed by atoms with E-state index in [0.29, 0.717) is 6.04 Å². The molecule has 1 aliphatic rings. The van der Waals surface area contributed by atoms with Crippen LogP contribution < -0.4 is 4.90 Å². The lowest BCUT2D eigenvalue weighted by Crippen LogP contribution is -2.12. The summed E-state index contributed by atoms with van der Waals surface area (Å²) in [5, 5.41) is 5.20. The summed E-state index contributed by atoms with van der Waals surface area (Å²) in [6.07, 6.45) is 6.56. The zero-order valence-corrected chi connectivity index (χ0v) is 27.1. The number of hydrogen-bond acceptors (Lipinski definition) is 1. The summed E-state index contributed by atoms with van der Waals surface area (Å²) in [6.45, 7) is 0. The van der Waals surface area contributed by atoms with Crippen LogP contribution in [0.15, 0.2) is 164 Å². The largest absolute Gasteiger partial charge is 0.337 e. The lowest BCUT2D eigenvalue weighted by Gasteiger charge is -2.27. The third-order valence-corrected chi connectivity index (χ3v) is 10.3. The molecule has 1 aromatic heterocycles. The highest BCUT2D eigenvalue weighted by atomic mass is 15.1. The Bertz CT molecular complexity index is 2360. The molecular weight excluding hydrogens is 581 g/mol. The topological polar surface area (TPSA) is 8.17 Å². The van der Waals surface area contributed by atoms with Gasteiger partial charge in [0, 0.05) is 44.6 Å². The number of fused-ring (bicyclic) bond motifs is 4. The lowest BCUT2D eigenvalue weighted by atomic mass is 9.94. The summed E-state index contributed by atoms with van der Waals surface area (Å²) in [7, 11) is 0. The van der Waals surface area contributed by atoms with E-state index in [1.807, 2.05) is 0 Å². The van der Waals surface area contributed by atoms with Crippen LogP contribution in [0.5, 0.6) is 0 Å². The molecule has 0 atom stereocenters. The Morgan fingerprint density at radius 3 is 1.77 bits per heavy atom. The second kappa shape index (κ2) is 12.2. The fraction of sp³-hybridized carbons (Fsp3) is 0.130. The smallest absolute Gasteiger partial charge is 0.0540 e. The molecule has 1 aliphatic carbocycles. The molecule has 2 nitrogen and oxygen atoms in total. The molecule has 0 N–H and O–H groups in total. The van der Waals surface area contributed by atoms with Crippen LogP contribution in [0.25, 0.3) is 54.8 Å². The van der Waals surface area contributed by atoms with Gasteiger partial charge in [0.15, 0.2) is 0 Å². The number of para-hydroxylation sites is 2. The van der Waals surface area contributed by atoms with Crippen molar-refractivity contribution in [3.63, 3.8) is 0 Å². The van der Waals surface area contributed by atoms with E-state index in [9.17, 15) is 0 Å². The molecule has 1 heterocycles. The average molecular weight is 619 g/mol. The Morgan fingerprint density at radius 2 is 1.00 bits per heavy atom. The van der Waals surface area contributed by atoms with Crippen molar-refractivity contribution in [2.45, 2.75) is 38.1 Å². The second-order valence-electron chi connectivity index (χ2n) is 13.2. The summed E-state index contributed by atoms with van der Waals surface area (Å²) >= 11 is 0. The predicted molar refractivity (Wildman–Crippen MR) is 205 cm³/mol. The monoisotopic (exact) mass is 618 g/mol. The van der Waals surface area contributed by atoms with E-state index in [4.69, 9.17) is 0 Å². The van der Waals surface area contributed by atoms with Gasteiger partial charge < -0.3 is 9.47 Å². The van der Waals surface area contributed by atoms with Crippen molar-refractivity contribution in [2.24, 2.45) is 0 Å². The molecule has 48 heavy (non-hydrogen) atoms. The Morgan fingerprint density at radius 1 is 0.417 bits per heavy atom. The summed E-state index contributed by atoms with van der Waals surface area (Å²) in [4.78, 5) is 2.39. The molecule has 9 rings (SSSR count). The summed E-state index contributed by atoms with van der Waals surface area (Å²) in [5.74, 6) is 0. The van der Waals surface area contributed by atoms with Crippen LogP contribution in [0.3, 0.4) is 0 Å². The van der Waals surface area contributed by atoms with Crippen molar-refractivity contribution in [2.75, 3.05) is 4.90 Å². The van der Waals surface area contributed by atoms with Gasteiger partial charge in [-0.25, -0.2) is 0 Å². The number of benzene rings is 7. The van der Waals surface area contributed by atoms with Crippen molar-refractivity contribution < 1.29 is 0 Å². The minimum atomic E-state index is 0.581. The summed E-state index contributed by atoms with van der Waals surface area (Å²) in [5.41, 5.74) is 11.1. The van der Waals surface area contributed by atoms with Crippen LogP contribution in [0.2, 0.25) is 0 Å². The first kappa shape index (κ1) is 28.6. The van der Waals surface area contributed by atoms with Crippen LogP contribution in [0.4, 0.5) is 17.1 Å². The molecule has 0 saturated heterocycles. The van der Waals surface area contributed by atoms with E-state index in [0.717, 1.165) is 11.4 Å². The molecular formula is C46H38N2. The van der Waals surface area contributed by atoms with Crippen molar-refractivity contribution in [3.05, 3.63) is 164 Å². The zero-order chi connectivity index (χ0) is 31.9. The Hall–Kier alpha value is -5.60. The van der Waals surface area contributed by atoms with E-state index in [1.165, 1.54) is 92.6 Å². The van der Waals surface area contributed by atoms with Crippen molar-refractivity contribution in [1.29, 1.82) is 0 Å². The van der Waals surface area contributed by atoms with Crippen LogP contribution in [-0.2, 0) is 0 Å². The van der Waals surface area contributed by atoms with Gasteiger partial charge in [-0.15, -0.1) is 0 Å². The highest BCUT2D eigenvalue weighted by molar-refractivity contribution is 6.12. The first-order valence-electron chi connectivity index (χ1n) is 17.4. The van der Waals surface area contributed by atoms with Gasteiger partial charge in [0.2, 0.25) is 0 Å². The van der Waals surface area contributed by atoms with E-state index in [2.05, 4.69) is 173 Å². The van der Waals surface area contributed by atoms with Gasteiger partial charge in [-0.1, -0.05) is 135 Å². The van der Waals surface area contributed by atoms with E-state index in [1.54, 1.807) is 0 Å². The number of nitrogens with zero attached hydrogens (tertiary/aromatic N) is 2. The number of anilines is 3. The first-order valence-corrected chi connectivity index (χ1v) is 17.4. The molecule has 2 heteroatoms. The minimum absolute atomic E-state index is 0.581. The van der Waals surface area contributed by atoms with Gasteiger partial charge in [0.1, 0.15) is 0 Å². The Labute approximate surface area is 282 Å². The third-order valence-electron chi connectivity index (χ3n) is 10.3. The number of aromatic nitrogens is 1. The zero-order valence-electron chi connectivity index (χ0n) is 27.1. The number of rotatable bonds is 6. The Kier molecular flexibility index (Phi) is 7.28. The van der Waals surface area contributed by atoms with E-state index >= 15 is 0 Å². The van der Waals surface area contributed by atoms with Gasteiger partial charge in [-0.3, -0.25) is 0 Å².